The summed E-state index contributed by atoms with van der Waals surface area (Å²) in [5.41, 5.74) is 0.958. The van der Waals surface area contributed by atoms with E-state index in [9.17, 15) is 0 Å². The maximum absolute atomic E-state index is 5.54. The standard InChI is InChI=1S/C13H20N4O/c1-9(11(3)17-7-5-6-15-17)14-8-13-16-10(2)12(4)18-13/h5-7,9,11,14H,8H2,1-4H3/t9-,11+/m1/s1. The number of hydrogen-bond acceptors (Lipinski definition) is 4. The SMILES string of the molecule is Cc1nc(CN[C@H](C)[C@H](C)n2cccn2)oc1C. The Morgan fingerprint density at radius 3 is 2.72 bits per heavy atom. The van der Waals surface area contributed by atoms with Gasteiger partial charge in [0.05, 0.1) is 18.3 Å². The Balaban J connectivity index is 1.90. The Hall–Kier alpha value is -1.62. The Kier molecular flexibility index (Phi) is 3.81. The highest BCUT2D eigenvalue weighted by Gasteiger charge is 2.14. The van der Waals surface area contributed by atoms with Crippen molar-refractivity contribution in [2.75, 3.05) is 0 Å². The summed E-state index contributed by atoms with van der Waals surface area (Å²) in [7, 11) is 0. The Labute approximate surface area is 107 Å². The van der Waals surface area contributed by atoms with E-state index in [1.165, 1.54) is 0 Å². The lowest BCUT2D eigenvalue weighted by Crippen LogP contribution is -2.33. The molecule has 1 N–H and O–H groups in total. The second-order valence-corrected chi connectivity index (χ2v) is 4.65. The minimum atomic E-state index is 0.289. The molecule has 0 unspecified atom stereocenters. The number of aromatic nitrogens is 3. The summed E-state index contributed by atoms with van der Waals surface area (Å²) in [6, 6.07) is 2.51. The second kappa shape index (κ2) is 5.35. The van der Waals surface area contributed by atoms with Gasteiger partial charge in [-0.25, -0.2) is 4.98 Å². The van der Waals surface area contributed by atoms with Crippen LogP contribution in [-0.2, 0) is 6.54 Å². The van der Waals surface area contributed by atoms with Crippen molar-refractivity contribution in [3.05, 3.63) is 35.8 Å². The number of hydrogen-bond donors (Lipinski definition) is 1. The Morgan fingerprint density at radius 2 is 2.17 bits per heavy atom. The molecule has 0 aromatic carbocycles. The van der Waals surface area contributed by atoms with E-state index >= 15 is 0 Å². The molecule has 5 heteroatoms. The van der Waals surface area contributed by atoms with Crippen LogP contribution in [0.5, 0.6) is 0 Å². The number of nitrogens with zero attached hydrogens (tertiary/aromatic N) is 3. The third-order valence-electron chi connectivity index (χ3n) is 3.31. The molecule has 98 valence electrons. The first kappa shape index (κ1) is 12.8. The van der Waals surface area contributed by atoms with E-state index in [4.69, 9.17) is 4.42 Å². The minimum absolute atomic E-state index is 0.289. The first-order chi connectivity index (χ1) is 8.58. The second-order valence-electron chi connectivity index (χ2n) is 4.65. The summed E-state index contributed by atoms with van der Waals surface area (Å²) in [6.45, 7) is 8.80. The van der Waals surface area contributed by atoms with Crippen LogP contribution in [0.25, 0.3) is 0 Å². The molecule has 5 nitrogen and oxygen atoms in total. The molecule has 2 rings (SSSR count). The summed E-state index contributed by atoms with van der Waals surface area (Å²) >= 11 is 0. The van der Waals surface area contributed by atoms with E-state index in [2.05, 4.69) is 29.2 Å². The average Bonchev–Trinajstić information content (AvgIpc) is 2.96. The number of aryl methyl sites for hydroxylation is 2. The zero-order valence-corrected chi connectivity index (χ0v) is 11.3. The largest absolute Gasteiger partial charge is 0.444 e. The van der Waals surface area contributed by atoms with Crippen LogP contribution in [0.15, 0.2) is 22.9 Å². The molecule has 18 heavy (non-hydrogen) atoms. The van der Waals surface area contributed by atoms with Crippen LogP contribution in [0.1, 0.15) is 37.2 Å². The summed E-state index contributed by atoms with van der Waals surface area (Å²) in [5.74, 6) is 1.63. The Morgan fingerprint density at radius 1 is 1.39 bits per heavy atom. The van der Waals surface area contributed by atoms with Gasteiger partial charge in [-0.3, -0.25) is 4.68 Å². The Bertz CT molecular complexity index is 470. The van der Waals surface area contributed by atoms with E-state index < -0.39 is 0 Å². The van der Waals surface area contributed by atoms with Gasteiger partial charge in [-0.2, -0.15) is 5.10 Å². The van der Waals surface area contributed by atoms with Crippen LogP contribution in [0.2, 0.25) is 0 Å². The maximum Gasteiger partial charge on any atom is 0.208 e. The fourth-order valence-corrected chi connectivity index (χ4v) is 1.78. The molecular weight excluding hydrogens is 228 g/mol. The van der Waals surface area contributed by atoms with E-state index in [1.54, 1.807) is 6.20 Å². The molecule has 2 aromatic heterocycles. The van der Waals surface area contributed by atoms with Crippen molar-refractivity contribution < 1.29 is 4.42 Å². The molecule has 0 bridgehead atoms. The van der Waals surface area contributed by atoms with Crippen molar-refractivity contribution in [1.29, 1.82) is 0 Å². The highest BCUT2D eigenvalue weighted by Crippen LogP contribution is 2.11. The van der Waals surface area contributed by atoms with Gasteiger partial charge in [-0.1, -0.05) is 0 Å². The van der Waals surface area contributed by atoms with Crippen LogP contribution in [0, 0.1) is 13.8 Å². The lowest BCUT2D eigenvalue weighted by atomic mass is 10.2. The molecule has 0 aliphatic carbocycles. The van der Waals surface area contributed by atoms with Gasteiger partial charge in [0.2, 0.25) is 5.89 Å². The summed E-state index contributed by atoms with van der Waals surface area (Å²) < 4.78 is 7.49. The predicted octanol–water partition coefficient (Wildman–Crippen LogP) is 2.23. The predicted molar refractivity (Wildman–Crippen MR) is 69.2 cm³/mol. The van der Waals surface area contributed by atoms with E-state index in [-0.39, 0.29) is 12.1 Å². The summed E-state index contributed by atoms with van der Waals surface area (Å²) in [4.78, 5) is 4.35. The zero-order valence-electron chi connectivity index (χ0n) is 11.3. The van der Waals surface area contributed by atoms with Crippen LogP contribution < -0.4 is 5.32 Å². The van der Waals surface area contributed by atoms with Crippen LogP contribution in [-0.4, -0.2) is 20.8 Å². The minimum Gasteiger partial charge on any atom is -0.444 e. The summed E-state index contributed by atoms with van der Waals surface area (Å²) in [6.07, 6.45) is 3.77. The van der Waals surface area contributed by atoms with Gasteiger partial charge in [0.25, 0.3) is 0 Å². The van der Waals surface area contributed by atoms with Crippen LogP contribution >= 0.6 is 0 Å². The van der Waals surface area contributed by atoms with Crippen molar-refractivity contribution in [3.63, 3.8) is 0 Å². The van der Waals surface area contributed by atoms with E-state index in [0.717, 1.165) is 17.3 Å². The first-order valence-corrected chi connectivity index (χ1v) is 6.23. The van der Waals surface area contributed by atoms with Gasteiger partial charge in [-0.05, 0) is 33.8 Å². The fraction of sp³-hybridized carbons (Fsp3) is 0.538. The van der Waals surface area contributed by atoms with Crippen molar-refractivity contribution in [2.45, 2.75) is 46.3 Å². The highest BCUT2D eigenvalue weighted by atomic mass is 16.4. The molecule has 0 radical (unpaired) electrons. The third-order valence-corrected chi connectivity index (χ3v) is 3.31. The van der Waals surface area contributed by atoms with Gasteiger partial charge < -0.3 is 9.73 Å². The molecule has 0 aliphatic rings. The number of nitrogens with one attached hydrogen (secondary N) is 1. The number of oxazole rings is 1. The van der Waals surface area contributed by atoms with Gasteiger partial charge in [0.15, 0.2) is 0 Å². The van der Waals surface area contributed by atoms with Gasteiger partial charge in [0, 0.05) is 18.4 Å². The maximum atomic E-state index is 5.54. The highest BCUT2D eigenvalue weighted by molar-refractivity contribution is 5.05. The molecule has 0 saturated carbocycles. The van der Waals surface area contributed by atoms with Crippen molar-refractivity contribution in [2.24, 2.45) is 0 Å². The third kappa shape index (κ3) is 2.79. The van der Waals surface area contributed by atoms with Crippen molar-refractivity contribution in [3.8, 4) is 0 Å². The van der Waals surface area contributed by atoms with E-state index in [0.29, 0.717) is 6.54 Å². The zero-order chi connectivity index (χ0) is 13.1. The molecule has 2 aromatic rings. The quantitative estimate of drug-likeness (QED) is 0.881. The van der Waals surface area contributed by atoms with E-state index in [1.807, 2.05) is 30.8 Å². The van der Waals surface area contributed by atoms with Crippen molar-refractivity contribution in [1.82, 2.24) is 20.1 Å². The topological polar surface area (TPSA) is 55.9 Å². The van der Waals surface area contributed by atoms with Crippen LogP contribution in [0.4, 0.5) is 0 Å². The monoisotopic (exact) mass is 248 g/mol. The van der Waals surface area contributed by atoms with Gasteiger partial charge in [0.1, 0.15) is 5.76 Å². The normalized spacial score (nSPS) is 14.7. The molecule has 2 heterocycles. The van der Waals surface area contributed by atoms with Crippen molar-refractivity contribution >= 4 is 0 Å². The molecule has 2 atom stereocenters. The molecule has 0 spiro atoms. The first-order valence-electron chi connectivity index (χ1n) is 6.23. The molecule has 0 amide bonds. The average molecular weight is 248 g/mol. The summed E-state index contributed by atoms with van der Waals surface area (Å²) in [5, 5.41) is 7.66. The molecule has 0 aliphatic heterocycles. The molecule has 0 fully saturated rings. The van der Waals surface area contributed by atoms with Crippen LogP contribution in [0.3, 0.4) is 0 Å². The lowest BCUT2D eigenvalue weighted by Gasteiger charge is -2.21. The molecular formula is C13H20N4O. The fourth-order valence-electron chi connectivity index (χ4n) is 1.78. The van der Waals surface area contributed by atoms with Gasteiger partial charge >= 0.3 is 0 Å². The van der Waals surface area contributed by atoms with Gasteiger partial charge in [-0.15, -0.1) is 0 Å². The molecule has 0 saturated heterocycles. The number of rotatable bonds is 5. The lowest BCUT2D eigenvalue weighted by molar-refractivity contribution is 0.345. The smallest absolute Gasteiger partial charge is 0.208 e.